The molecular weight excluding hydrogens is 401 g/mol. The third-order valence-corrected chi connectivity index (χ3v) is 6.14. The van der Waals surface area contributed by atoms with Gasteiger partial charge in [-0.15, -0.1) is 0 Å². The van der Waals surface area contributed by atoms with E-state index in [1.54, 1.807) is 9.47 Å². The van der Waals surface area contributed by atoms with E-state index in [9.17, 15) is 14.7 Å². The number of carboxylic acid groups (broad SMARTS) is 1. The molecule has 5 N–H and O–H groups in total. The van der Waals surface area contributed by atoms with Gasteiger partial charge in [-0.2, -0.15) is 0 Å². The fourth-order valence-electron chi connectivity index (χ4n) is 4.34. The summed E-state index contributed by atoms with van der Waals surface area (Å²) in [6.07, 6.45) is 3.05. The van der Waals surface area contributed by atoms with E-state index in [1.807, 2.05) is 24.3 Å². The second-order valence-corrected chi connectivity index (χ2v) is 8.32. The summed E-state index contributed by atoms with van der Waals surface area (Å²) < 4.78 is 16.8. The lowest BCUT2D eigenvalue weighted by Crippen LogP contribution is -2.29. The fraction of sp³-hybridized carbons (Fsp3) is 0.318. The summed E-state index contributed by atoms with van der Waals surface area (Å²) in [6.45, 7) is 0.882. The van der Waals surface area contributed by atoms with Gasteiger partial charge in [0.1, 0.15) is 11.2 Å². The maximum Gasteiger partial charge on any atom is 0.341 e. The number of hydrogen-bond acceptors (Lipinski definition) is 6. The van der Waals surface area contributed by atoms with Crippen molar-refractivity contribution in [2.24, 2.45) is 5.73 Å². The van der Waals surface area contributed by atoms with E-state index in [0.717, 1.165) is 24.5 Å². The van der Waals surface area contributed by atoms with Gasteiger partial charge in [0.2, 0.25) is 5.43 Å². The Kier molecular flexibility index (Phi) is 4.44. The summed E-state index contributed by atoms with van der Waals surface area (Å²) in [5, 5.41) is 9.35. The van der Waals surface area contributed by atoms with E-state index in [4.69, 9.17) is 11.5 Å². The summed E-state index contributed by atoms with van der Waals surface area (Å²) in [5.41, 5.74) is 13.0. The number of hydrogen-bond donors (Lipinski definition) is 3. The highest BCUT2D eigenvalue weighted by Gasteiger charge is 2.34. The van der Waals surface area contributed by atoms with Crippen LogP contribution in [0, 0.1) is 5.82 Å². The highest BCUT2D eigenvalue weighted by atomic mass is 19.1. The van der Waals surface area contributed by atoms with Crippen LogP contribution in [-0.4, -0.2) is 39.8 Å². The molecule has 1 saturated carbocycles. The number of nitrogen functional groups attached to an aromatic ring is 1. The molecule has 0 amide bonds. The van der Waals surface area contributed by atoms with E-state index in [2.05, 4.69) is 4.98 Å². The number of fused-ring (bicyclic) bond motifs is 1. The second kappa shape index (κ2) is 7.05. The molecule has 1 aliphatic heterocycles. The molecule has 1 aromatic carbocycles. The molecule has 2 aromatic heterocycles. The van der Waals surface area contributed by atoms with Crippen LogP contribution in [0.1, 0.15) is 40.7 Å². The van der Waals surface area contributed by atoms with Crippen molar-refractivity contribution in [2.45, 2.75) is 30.8 Å². The van der Waals surface area contributed by atoms with Gasteiger partial charge in [-0.05, 0) is 36.6 Å². The van der Waals surface area contributed by atoms with Crippen LogP contribution in [0.15, 0.2) is 41.3 Å². The van der Waals surface area contributed by atoms with Crippen LogP contribution in [0.3, 0.4) is 0 Å². The van der Waals surface area contributed by atoms with Crippen molar-refractivity contribution in [1.82, 2.24) is 9.55 Å². The molecule has 2 atom stereocenters. The number of nitrogens with zero attached hydrogens (tertiary/aromatic N) is 3. The first kappa shape index (κ1) is 19.5. The van der Waals surface area contributed by atoms with Crippen molar-refractivity contribution in [3.63, 3.8) is 0 Å². The summed E-state index contributed by atoms with van der Waals surface area (Å²) in [6, 6.07) is 8.42. The molecule has 0 bridgehead atoms. The van der Waals surface area contributed by atoms with E-state index in [1.165, 1.54) is 6.20 Å². The molecule has 1 saturated heterocycles. The quantitative estimate of drug-likeness (QED) is 0.548. The van der Waals surface area contributed by atoms with Crippen molar-refractivity contribution in [3.8, 4) is 0 Å². The zero-order chi connectivity index (χ0) is 21.9. The van der Waals surface area contributed by atoms with Crippen LogP contribution < -0.4 is 21.8 Å². The molecule has 2 fully saturated rings. The highest BCUT2D eigenvalue weighted by Crippen LogP contribution is 2.38. The molecule has 0 radical (unpaired) electrons. The molecule has 31 heavy (non-hydrogen) atoms. The first-order chi connectivity index (χ1) is 14.8. The zero-order valence-electron chi connectivity index (χ0n) is 16.7. The average molecular weight is 423 g/mol. The number of anilines is 2. The Labute approximate surface area is 176 Å². The van der Waals surface area contributed by atoms with Crippen molar-refractivity contribution in [2.75, 3.05) is 23.7 Å². The second-order valence-electron chi connectivity index (χ2n) is 8.32. The predicted molar refractivity (Wildman–Crippen MR) is 115 cm³/mol. The molecule has 0 unspecified atom stereocenters. The summed E-state index contributed by atoms with van der Waals surface area (Å²) in [5.74, 6) is -1.89. The Balaban J connectivity index is 1.58. The number of halogens is 1. The van der Waals surface area contributed by atoms with E-state index in [0.29, 0.717) is 24.4 Å². The topological polar surface area (TPSA) is 127 Å². The molecule has 5 rings (SSSR count). The van der Waals surface area contributed by atoms with Crippen LogP contribution in [0.2, 0.25) is 0 Å². The number of pyridine rings is 2. The Morgan fingerprint density at radius 1 is 1.19 bits per heavy atom. The predicted octanol–water partition coefficient (Wildman–Crippen LogP) is 2.08. The van der Waals surface area contributed by atoms with E-state index in [-0.39, 0.29) is 34.8 Å². The molecule has 9 heteroatoms. The molecule has 8 nitrogen and oxygen atoms in total. The van der Waals surface area contributed by atoms with Crippen molar-refractivity contribution >= 4 is 28.5 Å². The van der Waals surface area contributed by atoms with Crippen LogP contribution in [-0.2, 0) is 0 Å². The lowest BCUT2D eigenvalue weighted by atomic mass is 9.95. The van der Waals surface area contributed by atoms with Gasteiger partial charge in [-0.1, -0.05) is 12.1 Å². The van der Waals surface area contributed by atoms with Gasteiger partial charge in [0.15, 0.2) is 11.6 Å². The number of nitrogens with two attached hydrogens (primary N) is 2. The van der Waals surface area contributed by atoms with Gasteiger partial charge in [-0.25, -0.2) is 14.2 Å². The lowest BCUT2D eigenvalue weighted by Gasteiger charge is -2.20. The fourth-order valence-corrected chi connectivity index (χ4v) is 4.34. The SMILES string of the molecule is Nc1ccc([C@@H]2CN(c3nc4c(cc3F)c(=O)c(C(=O)O)cn4C3CC3)C[C@@H]2N)cc1. The standard InChI is InChI=1S/C22H22FN5O3/c23-17-7-14-19(29)16(22(30)31)9-28(13-5-6-13)20(14)26-21(17)27-8-15(18(25)10-27)11-1-3-12(24)4-2-11/h1-4,7,9,13,15,18H,5-6,8,10,24-25H2,(H,30,31)/t15-,18-/m0/s1. The van der Waals surface area contributed by atoms with Gasteiger partial charge >= 0.3 is 5.97 Å². The van der Waals surface area contributed by atoms with Crippen LogP contribution in [0.5, 0.6) is 0 Å². The minimum absolute atomic E-state index is 0.0162. The molecule has 3 heterocycles. The number of rotatable bonds is 4. The smallest absolute Gasteiger partial charge is 0.341 e. The number of carboxylic acids is 1. The Bertz CT molecular complexity index is 1250. The minimum Gasteiger partial charge on any atom is -0.477 e. The zero-order valence-corrected chi connectivity index (χ0v) is 16.7. The van der Waals surface area contributed by atoms with E-state index < -0.39 is 17.2 Å². The van der Waals surface area contributed by atoms with Crippen LogP contribution >= 0.6 is 0 Å². The molecular formula is C22H22FN5O3. The number of carbonyl (C=O) groups is 1. The minimum atomic E-state index is -1.33. The molecule has 0 spiro atoms. The maximum atomic E-state index is 15.1. The van der Waals surface area contributed by atoms with Crippen molar-refractivity contribution in [1.29, 1.82) is 0 Å². The van der Waals surface area contributed by atoms with Crippen molar-refractivity contribution in [3.05, 3.63) is 63.7 Å². The summed E-state index contributed by atoms with van der Waals surface area (Å²) >= 11 is 0. The van der Waals surface area contributed by atoms with Crippen LogP contribution in [0.25, 0.3) is 11.0 Å². The third kappa shape index (κ3) is 3.31. The van der Waals surface area contributed by atoms with Crippen molar-refractivity contribution < 1.29 is 14.3 Å². The number of aromatic carboxylic acids is 1. The van der Waals surface area contributed by atoms with Gasteiger partial charge in [-0.3, -0.25) is 4.79 Å². The first-order valence-electron chi connectivity index (χ1n) is 10.2. The Morgan fingerprint density at radius 2 is 1.90 bits per heavy atom. The monoisotopic (exact) mass is 423 g/mol. The molecule has 1 aliphatic carbocycles. The highest BCUT2D eigenvalue weighted by molar-refractivity contribution is 5.92. The summed E-state index contributed by atoms with van der Waals surface area (Å²) in [4.78, 5) is 30.4. The number of benzene rings is 1. The van der Waals surface area contributed by atoms with Crippen LogP contribution in [0.4, 0.5) is 15.9 Å². The van der Waals surface area contributed by atoms with E-state index >= 15 is 4.39 Å². The largest absolute Gasteiger partial charge is 0.477 e. The average Bonchev–Trinajstić information content (AvgIpc) is 3.50. The Morgan fingerprint density at radius 3 is 2.55 bits per heavy atom. The molecule has 3 aromatic rings. The van der Waals surface area contributed by atoms with Gasteiger partial charge in [0, 0.05) is 43.0 Å². The normalized spacial score (nSPS) is 21.0. The third-order valence-electron chi connectivity index (χ3n) is 6.14. The molecule has 160 valence electrons. The van der Waals surface area contributed by atoms with Gasteiger partial charge < -0.3 is 26.0 Å². The summed E-state index contributed by atoms with van der Waals surface area (Å²) in [7, 11) is 0. The molecule has 2 aliphatic rings. The first-order valence-corrected chi connectivity index (χ1v) is 10.2. The van der Waals surface area contributed by atoms with Gasteiger partial charge in [0.25, 0.3) is 0 Å². The maximum absolute atomic E-state index is 15.1. The Hall–Kier alpha value is -3.46. The van der Waals surface area contributed by atoms with Gasteiger partial charge in [0.05, 0.1) is 5.39 Å². The lowest BCUT2D eigenvalue weighted by molar-refractivity contribution is 0.0695. The number of aromatic nitrogens is 2.